The molecular formula is C19H19NO4. The summed E-state index contributed by atoms with van der Waals surface area (Å²) in [6.45, 7) is 0.639. The van der Waals surface area contributed by atoms with Crippen molar-refractivity contribution in [1.82, 2.24) is 0 Å². The van der Waals surface area contributed by atoms with Gasteiger partial charge in [0.1, 0.15) is 5.75 Å². The van der Waals surface area contributed by atoms with Crippen LogP contribution in [0.4, 0.5) is 5.69 Å². The molecule has 1 aliphatic heterocycles. The number of nitrogens with zero attached hydrogens (tertiary/aromatic N) is 1. The van der Waals surface area contributed by atoms with Crippen LogP contribution in [-0.2, 0) is 20.7 Å². The maximum Gasteiger partial charge on any atom is 0.307 e. The van der Waals surface area contributed by atoms with E-state index in [0.717, 1.165) is 5.56 Å². The number of hydrogen-bond acceptors (Lipinski definition) is 4. The van der Waals surface area contributed by atoms with Crippen molar-refractivity contribution >= 4 is 17.6 Å². The Labute approximate surface area is 140 Å². The van der Waals surface area contributed by atoms with Crippen molar-refractivity contribution in [3.8, 4) is 5.75 Å². The van der Waals surface area contributed by atoms with Crippen LogP contribution in [0.2, 0.25) is 0 Å². The van der Waals surface area contributed by atoms with E-state index in [-0.39, 0.29) is 24.9 Å². The maximum absolute atomic E-state index is 12.0. The lowest BCUT2D eigenvalue weighted by atomic mass is 10.2. The van der Waals surface area contributed by atoms with E-state index in [1.54, 1.807) is 4.90 Å². The van der Waals surface area contributed by atoms with E-state index in [1.165, 1.54) is 0 Å². The number of ether oxygens (including phenoxy) is 2. The smallest absolute Gasteiger partial charge is 0.307 e. The molecule has 0 aliphatic carbocycles. The Hall–Kier alpha value is -2.82. The summed E-state index contributed by atoms with van der Waals surface area (Å²) in [4.78, 5) is 25.5. The molecule has 0 atom stereocenters. The van der Waals surface area contributed by atoms with E-state index in [9.17, 15) is 9.59 Å². The number of benzene rings is 2. The van der Waals surface area contributed by atoms with E-state index in [2.05, 4.69) is 0 Å². The first-order valence-corrected chi connectivity index (χ1v) is 7.96. The van der Waals surface area contributed by atoms with Crippen LogP contribution in [0, 0.1) is 0 Å². The topological polar surface area (TPSA) is 55.8 Å². The second kappa shape index (κ2) is 7.64. The second-order valence-electron chi connectivity index (χ2n) is 5.51. The Morgan fingerprint density at radius 1 is 1.08 bits per heavy atom. The zero-order valence-corrected chi connectivity index (χ0v) is 13.3. The van der Waals surface area contributed by atoms with Crippen molar-refractivity contribution in [2.75, 3.05) is 24.7 Å². The highest BCUT2D eigenvalue weighted by atomic mass is 16.5. The van der Waals surface area contributed by atoms with Gasteiger partial charge in [0.15, 0.2) is 6.61 Å². The van der Waals surface area contributed by atoms with Gasteiger partial charge in [0.05, 0.1) is 18.7 Å². The van der Waals surface area contributed by atoms with Crippen LogP contribution in [-0.4, -0.2) is 31.6 Å². The predicted molar refractivity (Wildman–Crippen MR) is 90.0 cm³/mol. The van der Waals surface area contributed by atoms with Gasteiger partial charge in [-0.2, -0.15) is 0 Å². The van der Waals surface area contributed by atoms with E-state index in [0.29, 0.717) is 31.0 Å². The summed E-state index contributed by atoms with van der Waals surface area (Å²) in [6.07, 6.45) is 0.848. The molecule has 0 fully saturated rings. The first-order chi connectivity index (χ1) is 11.7. The SMILES string of the molecule is O=C(CCN1C(=O)COc2ccccc21)OCCc1ccccc1. The molecule has 0 radical (unpaired) electrons. The molecule has 0 spiro atoms. The summed E-state index contributed by atoms with van der Waals surface area (Å²) in [5.41, 5.74) is 1.83. The summed E-state index contributed by atoms with van der Waals surface area (Å²) in [5.74, 6) is 0.211. The molecule has 5 nitrogen and oxygen atoms in total. The second-order valence-corrected chi connectivity index (χ2v) is 5.51. The Morgan fingerprint density at radius 2 is 1.83 bits per heavy atom. The van der Waals surface area contributed by atoms with Gasteiger partial charge in [0.25, 0.3) is 5.91 Å². The van der Waals surface area contributed by atoms with Crippen molar-refractivity contribution in [3.63, 3.8) is 0 Å². The number of amides is 1. The van der Waals surface area contributed by atoms with Crippen LogP contribution in [0.25, 0.3) is 0 Å². The molecule has 0 unspecified atom stereocenters. The van der Waals surface area contributed by atoms with Crippen LogP contribution in [0.5, 0.6) is 5.75 Å². The highest BCUT2D eigenvalue weighted by Crippen LogP contribution is 2.31. The van der Waals surface area contributed by atoms with Gasteiger partial charge < -0.3 is 14.4 Å². The van der Waals surface area contributed by atoms with Gasteiger partial charge >= 0.3 is 5.97 Å². The monoisotopic (exact) mass is 325 g/mol. The Balaban J connectivity index is 1.48. The van der Waals surface area contributed by atoms with Crippen LogP contribution >= 0.6 is 0 Å². The van der Waals surface area contributed by atoms with Gasteiger partial charge in [-0.05, 0) is 17.7 Å². The van der Waals surface area contributed by atoms with Gasteiger partial charge in [-0.25, -0.2) is 0 Å². The largest absolute Gasteiger partial charge is 0.482 e. The Bertz CT molecular complexity index is 714. The molecule has 0 aromatic heterocycles. The summed E-state index contributed by atoms with van der Waals surface area (Å²) in [6, 6.07) is 17.2. The molecule has 3 rings (SSSR count). The zero-order chi connectivity index (χ0) is 16.8. The average Bonchev–Trinajstić information content (AvgIpc) is 2.62. The molecule has 124 valence electrons. The van der Waals surface area contributed by atoms with Crippen molar-refractivity contribution in [2.24, 2.45) is 0 Å². The highest BCUT2D eigenvalue weighted by molar-refractivity contribution is 5.98. The van der Waals surface area contributed by atoms with Gasteiger partial charge in [0, 0.05) is 13.0 Å². The van der Waals surface area contributed by atoms with E-state index in [4.69, 9.17) is 9.47 Å². The summed E-state index contributed by atoms with van der Waals surface area (Å²) >= 11 is 0. The van der Waals surface area contributed by atoms with Gasteiger partial charge in [0.2, 0.25) is 0 Å². The Morgan fingerprint density at radius 3 is 2.67 bits per heavy atom. The number of fused-ring (bicyclic) bond motifs is 1. The predicted octanol–water partition coefficient (Wildman–Crippen LogP) is 2.59. The molecule has 0 N–H and O–H groups in total. The van der Waals surface area contributed by atoms with Crippen LogP contribution < -0.4 is 9.64 Å². The minimum Gasteiger partial charge on any atom is -0.482 e. The van der Waals surface area contributed by atoms with Crippen molar-refractivity contribution in [1.29, 1.82) is 0 Å². The minimum atomic E-state index is -0.303. The number of anilines is 1. The third-order valence-corrected chi connectivity index (χ3v) is 3.84. The fourth-order valence-electron chi connectivity index (χ4n) is 2.60. The number of para-hydroxylation sites is 2. The third kappa shape index (κ3) is 3.93. The highest BCUT2D eigenvalue weighted by Gasteiger charge is 2.25. The van der Waals surface area contributed by atoms with Crippen molar-refractivity contribution in [3.05, 3.63) is 60.2 Å². The quantitative estimate of drug-likeness (QED) is 0.766. The lowest BCUT2D eigenvalue weighted by Crippen LogP contribution is -2.40. The number of carbonyl (C=O) groups excluding carboxylic acids is 2. The number of carbonyl (C=O) groups is 2. The molecule has 1 heterocycles. The molecule has 2 aromatic carbocycles. The normalized spacial score (nSPS) is 13.2. The van der Waals surface area contributed by atoms with Crippen LogP contribution in [0.1, 0.15) is 12.0 Å². The summed E-state index contributed by atoms with van der Waals surface area (Å²) < 4.78 is 10.6. The number of rotatable bonds is 6. The molecule has 0 saturated heterocycles. The third-order valence-electron chi connectivity index (χ3n) is 3.84. The molecule has 1 aliphatic rings. The summed E-state index contributed by atoms with van der Waals surface area (Å²) in [7, 11) is 0. The van der Waals surface area contributed by atoms with Gasteiger partial charge in [-0.3, -0.25) is 9.59 Å². The standard InChI is InChI=1S/C19H19NO4/c21-18-14-24-17-9-5-4-8-16(17)20(18)12-10-19(22)23-13-11-15-6-2-1-3-7-15/h1-9H,10-14H2. The molecule has 2 aromatic rings. The molecule has 0 bridgehead atoms. The molecular weight excluding hydrogens is 306 g/mol. The van der Waals surface area contributed by atoms with E-state index < -0.39 is 0 Å². The molecule has 5 heteroatoms. The van der Waals surface area contributed by atoms with Gasteiger partial charge in [-0.15, -0.1) is 0 Å². The van der Waals surface area contributed by atoms with E-state index >= 15 is 0 Å². The van der Waals surface area contributed by atoms with Crippen LogP contribution in [0.15, 0.2) is 54.6 Å². The van der Waals surface area contributed by atoms with Crippen molar-refractivity contribution in [2.45, 2.75) is 12.8 Å². The molecule has 1 amide bonds. The molecule has 0 saturated carbocycles. The summed E-state index contributed by atoms with van der Waals surface area (Å²) in [5, 5.41) is 0. The Kier molecular flexibility index (Phi) is 5.11. The number of esters is 1. The first-order valence-electron chi connectivity index (χ1n) is 7.96. The molecule has 24 heavy (non-hydrogen) atoms. The first kappa shape index (κ1) is 16.1. The minimum absolute atomic E-state index is 0.0000676. The van der Waals surface area contributed by atoms with Crippen molar-refractivity contribution < 1.29 is 19.1 Å². The maximum atomic E-state index is 12.0. The lowest BCUT2D eigenvalue weighted by Gasteiger charge is -2.28. The van der Waals surface area contributed by atoms with E-state index in [1.807, 2.05) is 54.6 Å². The van der Waals surface area contributed by atoms with Gasteiger partial charge in [-0.1, -0.05) is 42.5 Å². The fraction of sp³-hybridized carbons (Fsp3) is 0.263. The zero-order valence-electron chi connectivity index (χ0n) is 13.3. The fourth-order valence-corrected chi connectivity index (χ4v) is 2.60. The lowest BCUT2D eigenvalue weighted by molar-refractivity contribution is -0.143. The average molecular weight is 325 g/mol. The number of hydrogen-bond donors (Lipinski definition) is 0. The van der Waals surface area contributed by atoms with Crippen LogP contribution in [0.3, 0.4) is 0 Å².